The molecule has 0 unspecified atom stereocenters. The summed E-state index contributed by atoms with van der Waals surface area (Å²) in [7, 11) is 0. The molecule has 5 heteroatoms. The quantitative estimate of drug-likeness (QED) is 0.204. The summed E-state index contributed by atoms with van der Waals surface area (Å²) < 4.78 is 1.32. The van der Waals surface area contributed by atoms with Gasteiger partial charge in [0.15, 0.2) is 0 Å². The summed E-state index contributed by atoms with van der Waals surface area (Å²) in [6.07, 6.45) is 6.37. The van der Waals surface area contributed by atoms with Gasteiger partial charge in [0, 0.05) is 26.7 Å². The summed E-state index contributed by atoms with van der Waals surface area (Å²) >= 11 is 1.84. The molecule has 0 spiro atoms. The van der Waals surface area contributed by atoms with Gasteiger partial charge in [-0.25, -0.2) is 11.3 Å². The Kier molecular flexibility index (Phi) is 9.58. The number of rotatable bonds is 2. The maximum atomic E-state index is 8.40. The summed E-state index contributed by atoms with van der Waals surface area (Å²) in [5.41, 5.74) is 1.45. The van der Waals surface area contributed by atoms with E-state index in [0.717, 1.165) is 6.54 Å². The van der Waals surface area contributed by atoms with Crippen LogP contribution in [-0.2, 0) is 20.1 Å². The first-order valence-corrected chi connectivity index (χ1v) is 9.97. The molecule has 2 heterocycles. The number of benzene rings is 1. The molecule has 2 N–H and O–H groups in total. The van der Waals surface area contributed by atoms with Gasteiger partial charge in [-0.05, 0) is 34.0 Å². The number of ketones is 1. The van der Waals surface area contributed by atoms with Crippen molar-refractivity contribution in [2.75, 3.05) is 6.54 Å². The molecule has 0 atom stereocenters. The number of hydrogen-bond donors (Lipinski definition) is 1. The van der Waals surface area contributed by atoms with Crippen molar-refractivity contribution in [2.24, 2.45) is 10.4 Å². The molecule has 27 heavy (non-hydrogen) atoms. The normalized spacial score (nSPS) is 16.9. The second-order valence-electron chi connectivity index (χ2n) is 7.40. The number of allylic oxidation sites excluding steroid dienone is 2. The van der Waals surface area contributed by atoms with Crippen LogP contribution in [0.5, 0.6) is 0 Å². The Morgan fingerprint density at radius 1 is 1.22 bits per heavy atom. The minimum Gasteiger partial charge on any atom is -0.512 e. The van der Waals surface area contributed by atoms with Gasteiger partial charge in [0.05, 0.1) is 18.8 Å². The molecule has 0 bridgehead atoms. The van der Waals surface area contributed by atoms with Gasteiger partial charge in [-0.15, -0.1) is 23.6 Å². The van der Waals surface area contributed by atoms with Crippen LogP contribution in [0.25, 0.3) is 10.1 Å². The average molecular weight is 564 g/mol. The van der Waals surface area contributed by atoms with Crippen LogP contribution < -0.4 is 0 Å². The number of nitrogens with zero attached hydrogens (tertiary/aromatic N) is 1. The molecule has 3 nitrogen and oxygen atoms in total. The van der Waals surface area contributed by atoms with Crippen molar-refractivity contribution in [3.8, 4) is 0 Å². The van der Waals surface area contributed by atoms with Crippen molar-refractivity contribution in [3.05, 3.63) is 47.0 Å². The molecule has 0 fully saturated rings. The minimum atomic E-state index is 0. The zero-order valence-corrected chi connectivity index (χ0v) is 19.7. The Bertz CT molecular complexity index is 784. The van der Waals surface area contributed by atoms with Gasteiger partial charge in [-0.3, -0.25) is 4.79 Å². The van der Waals surface area contributed by atoms with Crippen LogP contribution in [0.3, 0.4) is 0 Å². The maximum absolute atomic E-state index is 8.40. The van der Waals surface area contributed by atoms with E-state index in [1.807, 2.05) is 11.3 Å². The van der Waals surface area contributed by atoms with Crippen molar-refractivity contribution in [1.29, 1.82) is 0 Å². The summed E-state index contributed by atoms with van der Waals surface area (Å²) in [4.78, 5) is 14.5. The van der Waals surface area contributed by atoms with Crippen LogP contribution >= 0.6 is 11.3 Å². The van der Waals surface area contributed by atoms with Crippen LogP contribution in [0.1, 0.15) is 58.3 Å². The van der Waals surface area contributed by atoms with Crippen LogP contribution in [0.15, 0.2) is 41.1 Å². The Morgan fingerprint density at radius 2 is 1.93 bits per heavy atom. The third kappa shape index (κ3) is 7.32. The fourth-order valence-electron chi connectivity index (χ4n) is 3.08. The standard InChI is InChI=1S/C17H20NS.C5H8O2.Ir/c1-17(2)10-6-3-7-11-18-16(17)15-12-13-8-4-5-9-14(13)19-15;1-4(6)3-5(2)7;/h4-5,8-9H,3,6-7,10-11H2,1-2H3;3,6H,1-2H3;/q-1;;/p+1/b;4-3-;. The van der Waals surface area contributed by atoms with E-state index < -0.39 is 0 Å². The Balaban J connectivity index is 0.000000395. The molecular weight excluding hydrogens is 535 g/mol. The molecule has 1 radical (unpaired) electrons. The van der Waals surface area contributed by atoms with Crippen LogP contribution in [0.4, 0.5) is 0 Å². The van der Waals surface area contributed by atoms with Crippen molar-refractivity contribution in [3.63, 3.8) is 0 Å². The van der Waals surface area contributed by atoms with Crippen LogP contribution in [0.2, 0.25) is 0 Å². The maximum Gasteiger partial charge on any atom is 0.316 e. The number of aliphatic hydroxyl groups is 1. The Hall–Kier alpha value is -1.29. The smallest absolute Gasteiger partial charge is 0.316 e. The van der Waals surface area contributed by atoms with E-state index in [2.05, 4.69) is 44.2 Å². The third-order valence-corrected chi connectivity index (χ3v) is 5.43. The van der Waals surface area contributed by atoms with E-state index in [0.29, 0.717) is 0 Å². The molecule has 0 saturated heterocycles. The van der Waals surface area contributed by atoms with Gasteiger partial charge >= 0.3 is 5.78 Å². The molecule has 1 aliphatic heterocycles. The molecule has 3 rings (SSSR count). The predicted octanol–water partition coefficient (Wildman–Crippen LogP) is 6.10. The van der Waals surface area contributed by atoms with E-state index in [1.165, 1.54) is 66.3 Å². The molecule has 0 aliphatic carbocycles. The van der Waals surface area contributed by atoms with Gasteiger partial charge in [-0.2, -0.15) is 0 Å². The molecule has 0 amide bonds. The van der Waals surface area contributed by atoms with Gasteiger partial charge in [0.25, 0.3) is 0 Å². The number of aliphatic hydroxyl groups excluding tert-OH is 1. The van der Waals surface area contributed by atoms with E-state index in [-0.39, 0.29) is 37.1 Å². The zero-order valence-electron chi connectivity index (χ0n) is 16.5. The van der Waals surface area contributed by atoms with Gasteiger partial charge < -0.3 is 10.1 Å². The second-order valence-corrected chi connectivity index (χ2v) is 8.46. The summed E-state index contributed by atoms with van der Waals surface area (Å²) in [6.45, 7) is 8.63. The fraction of sp³-hybridized carbons (Fsp3) is 0.455. The monoisotopic (exact) mass is 564 g/mol. The molecular formula is C22H29IrNO2S. The number of thiophene rings is 1. The summed E-state index contributed by atoms with van der Waals surface area (Å²) in [5, 5.41) is 9.63. The predicted molar refractivity (Wildman–Crippen MR) is 113 cm³/mol. The first kappa shape index (κ1) is 23.7. The molecule has 149 valence electrons. The van der Waals surface area contributed by atoms with Gasteiger partial charge in [-0.1, -0.05) is 45.2 Å². The first-order valence-electron chi connectivity index (χ1n) is 9.15. The molecule has 1 aliphatic rings. The zero-order chi connectivity index (χ0) is 19.2. The molecule has 0 saturated carbocycles. The van der Waals surface area contributed by atoms with Crippen molar-refractivity contribution in [1.82, 2.24) is 0 Å². The van der Waals surface area contributed by atoms with Crippen molar-refractivity contribution >= 4 is 32.9 Å². The van der Waals surface area contributed by atoms with Crippen LogP contribution in [0, 0.1) is 11.5 Å². The number of aliphatic imine (C=N–C) groups is 1. The van der Waals surface area contributed by atoms with E-state index in [4.69, 9.17) is 14.9 Å². The topological polar surface area (TPSA) is 54.0 Å². The Morgan fingerprint density at radius 3 is 2.52 bits per heavy atom. The number of fused-ring (bicyclic) bond motifs is 1. The van der Waals surface area contributed by atoms with E-state index in [9.17, 15) is 0 Å². The average Bonchev–Trinajstić information content (AvgIpc) is 2.94. The van der Waals surface area contributed by atoms with Gasteiger partial charge in [0.1, 0.15) is 0 Å². The fourth-order valence-corrected chi connectivity index (χ4v) is 4.28. The van der Waals surface area contributed by atoms with Crippen molar-refractivity contribution < 1.29 is 30.0 Å². The second kappa shape index (κ2) is 10.9. The Labute approximate surface area is 180 Å². The largest absolute Gasteiger partial charge is 0.512 e. The SMILES string of the molecule is CC(=[OH+])/C=C(/C)O.CC1(C)CCCCCN=C1c1[c-]c2ccccc2s1.[Ir]. The molecule has 1 aromatic heterocycles. The summed E-state index contributed by atoms with van der Waals surface area (Å²) in [6, 6.07) is 12.1. The molecule has 1 aromatic carbocycles. The van der Waals surface area contributed by atoms with Crippen molar-refractivity contribution in [2.45, 2.75) is 53.4 Å². The first-order chi connectivity index (χ1) is 12.3. The van der Waals surface area contributed by atoms with E-state index in [1.54, 1.807) is 0 Å². The van der Waals surface area contributed by atoms with Crippen LogP contribution in [-0.4, -0.2) is 27.9 Å². The third-order valence-electron chi connectivity index (χ3n) is 4.35. The number of carbonyl (C=O) groups excluding carboxylic acids is 1. The van der Waals surface area contributed by atoms with E-state index >= 15 is 0 Å². The minimum absolute atomic E-state index is 0. The summed E-state index contributed by atoms with van der Waals surface area (Å²) in [5.74, 6) is 0.250. The van der Waals surface area contributed by atoms with Gasteiger partial charge in [0.2, 0.25) is 0 Å². The molecule has 2 aromatic rings. The number of hydrogen-bond acceptors (Lipinski definition) is 3.